The Morgan fingerprint density at radius 1 is 1.15 bits per heavy atom. The van der Waals surface area contributed by atoms with Crippen molar-refractivity contribution >= 4 is 18.3 Å². The molecule has 1 aromatic rings. The minimum atomic E-state index is -0.443. The van der Waals surface area contributed by atoms with Crippen molar-refractivity contribution in [2.24, 2.45) is 23.5 Å². The van der Waals surface area contributed by atoms with Crippen molar-refractivity contribution in [2.45, 2.75) is 82.7 Å². The highest BCUT2D eigenvalue weighted by Crippen LogP contribution is 2.43. The molecule has 0 aliphatic heterocycles. The summed E-state index contributed by atoms with van der Waals surface area (Å²) in [5, 5.41) is 7.53. The molecule has 2 bridgehead atoms. The highest BCUT2D eigenvalue weighted by Gasteiger charge is 2.44. The van der Waals surface area contributed by atoms with E-state index < -0.39 is 5.54 Å². The minimum absolute atomic E-state index is 0. The molecule has 1 amide bonds. The topological polar surface area (TPSA) is 94.0 Å². The van der Waals surface area contributed by atoms with Gasteiger partial charge in [-0.05, 0) is 50.4 Å². The van der Waals surface area contributed by atoms with Gasteiger partial charge in [0.15, 0.2) is 5.82 Å². The molecule has 3 fully saturated rings. The van der Waals surface area contributed by atoms with Crippen LogP contribution in [0, 0.1) is 24.7 Å². The minimum Gasteiger partial charge on any atom is -0.343 e. The summed E-state index contributed by atoms with van der Waals surface area (Å²) in [6.45, 7) is 1.80. The van der Waals surface area contributed by atoms with Crippen molar-refractivity contribution in [3.8, 4) is 0 Å². The van der Waals surface area contributed by atoms with E-state index in [1.54, 1.807) is 6.92 Å². The average molecular weight is 383 g/mol. The predicted molar refractivity (Wildman–Crippen MR) is 101 cm³/mol. The molecule has 3 aliphatic rings. The smallest absolute Gasteiger partial charge is 0.223 e. The van der Waals surface area contributed by atoms with Crippen LogP contribution in [0.2, 0.25) is 0 Å². The van der Waals surface area contributed by atoms with Gasteiger partial charge >= 0.3 is 0 Å². The van der Waals surface area contributed by atoms with Crippen LogP contribution in [0.25, 0.3) is 0 Å². The number of nitrogens with two attached hydrogens (primary N) is 1. The fraction of sp³-hybridized carbons (Fsp3) is 0.842. The van der Waals surface area contributed by atoms with E-state index in [1.165, 1.54) is 25.7 Å². The third kappa shape index (κ3) is 3.63. The van der Waals surface area contributed by atoms with E-state index in [-0.39, 0.29) is 24.2 Å². The monoisotopic (exact) mass is 382 g/mol. The molecule has 6 nitrogen and oxygen atoms in total. The van der Waals surface area contributed by atoms with Gasteiger partial charge in [-0.15, -0.1) is 12.4 Å². The molecule has 0 saturated heterocycles. The van der Waals surface area contributed by atoms with Crippen molar-refractivity contribution in [3.05, 3.63) is 11.7 Å². The van der Waals surface area contributed by atoms with Crippen LogP contribution in [0.4, 0.5) is 0 Å². The standard InChI is InChI=1S/C19H30N4O2.ClH/c1-12-21-18(23-25-12)19(8-3-2-4-9-19)22-17(24)15-10-13-6-5-7-14(11-15)16(13)20;/h13-16H,2-11,20H2,1H3,(H,22,24);1H. The Morgan fingerprint density at radius 2 is 1.81 bits per heavy atom. The molecule has 2 atom stereocenters. The van der Waals surface area contributed by atoms with Crippen LogP contribution in [-0.4, -0.2) is 22.1 Å². The normalized spacial score (nSPS) is 33.2. The zero-order valence-corrected chi connectivity index (χ0v) is 16.4. The van der Waals surface area contributed by atoms with E-state index in [4.69, 9.17) is 10.3 Å². The van der Waals surface area contributed by atoms with Gasteiger partial charge in [0.2, 0.25) is 11.8 Å². The third-order valence-corrected chi connectivity index (χ3v) is 6.81. The van der Waals surface area contributed by atoms with Crippen molar-refractivity contribution in [2.75, 3.05) is 0 Å². The Balaban J connectivity index is 0.00000196. The number of nitrogens with one attached hydrogen (secondary N) is 1. The van der Waals surface area contributed by atoms with Crippen LogP contribution in [0.15, 0.2) is 4.52 Å². The Bertz CT molecular complexity index is 615. The maximum Gasteiger partial charge on any atom is 0.223 e. The van der Waals surface area contributed by atoms with Gasteiger partial charge in [0.25, 0.3) is 0 Å². The van der Waals surface area contributed by atoms with Crippen LogP contribution in [0.1, 0.15) is 75.9 Å². The van der Waals surface area contributed by atoms with Gasteiger partial charge in [0.1, 0.15) is 5.54 Å². The first kappa shape index (κ1) is 19.6. The molecule has 146 valence electrons. The summed E-state index contributed by atoms with van der Waals surface area (Å²) in [5.41, 5.74) is 5.94. The average Bonchev–Trinajstić information content (AvgIpc) is 3.02. The van der Waals surface area contributed by atoms with Gasteiger partial charge in [-0.25, -0.2) is 0 Å². The lowest BCUT2D eigenvalue weighted by Gasteiger charge is -2.44. The molecule has 3 aliphatic carbocycles. The number of hydrogen-bond acceptors (Lipinski definition) is 5. The van der Waals surface area contributed by atoms with Gasteiger partial charge in [-0.1, -0.05) is 30.8 Å². The van der Waals surface area contributed by atoms with Gasteiger partial charge in [0, 0.05) is 18.9 Å². The first-order valence-corrected chi connectivity index (χ1v) is 9.96. The van der Waals surface area contributed by atoms with Crippen LogP contribution in [-0.2, 0) is 10.3 Å². The Morgan fingerprint density at radius 3 is 2.38 bits per heavy atom. The molecule has 4 rings (SSSR count). The largest absolute Gasteiger partial charge is 0.343 e. The predicted octanol–water partition coefficient (Wildman–Crippen LogP) is 3.23. The number of rotatable bonds is 3. The zero-order valence-electron chi connectivity index (χ0n) is 15.6. The summed E-state index contributed by atoms with van der Waals surface area (Å²) in [4.78, 5) is 17.6. The number of amides is 1. The van der Waals surface area contributed by atoms with Gasteiger partial charge < -0.3 is 15.6 Å². The molecular formula is C19H31ClN4O2. The fourth-order valence-electron chi connectivity index (χ4n) is 5.39. The first-order chi connectivity index (χ1) is 12.1. The summed E-state index contributed by atoms with van der Waals surface area (Å²) >= 11 is 0. The molecule has 0 radical (unpaired) electrons. The molecule has 3 saturated carbocycles. The van der Waals surface area contributed by atoms with E-state index in [2.05, 4.69) is 15.5 Å². The van der Waals surface area contributed by atoms with E-state index in [0.29, 0.717) is 29.6 Å². The Kier molecular flexibility index (Phi) is 5.92. The number of nitrogens with zero attached hydrogens (tertiary/aromatic N) is 2. The van der Waals surface area contributed by atoms with Crippen LogP contribution < -0.4 is 11.1 Å². The molecule has 0 spiro atoms. The van der Waals surface area contributed by atoms with Gasteiger partial charge in [0.05, 0.1) is 0 Å². The summed E-state index contributed by atoms with van der Waals surface area (Å²) < 4.78 is 5.22. The number of carbonyl (C=O) groups is 1. The molecule has 0 aromatic carbocycles. The second-order valence-corrected chi connectivity index (χ2v) is 8.47. The van der Waals surface area contributed by atoms with Crippen LogP contribution >= 0.6 is 12.4 Å². The number of aryl methyl sites for hydroxylation is 1. The molecule has 26 heavy (non-hydrogen) atoms. The Labute approximate surface area is 161 Å². The van der Waals surface area contributed by atoms with Crippen molar-refractivity contribution < 1.29 is 9.32 Å². The first-order valence-electron chi connectivity index (χ1n) is 9.96. The zero-order chi connectivity index (χ0) is 17.4. The second-order valence-electron chi connectivity index (χ2n) is 8.47. The summed E-state index contributed by atoms with van der Waals surface area (Å²) in [6.07, 6.45) is 10.7. The molecular weight excluding hydrogens is 352 g/mol. The number of halogens is 1. The number of fused-ring (bicyclic) bond motifs is 2. The lowest BCUT2D eigenvalue weighted by atomic mass is 9.64. The maximum absolute atomic E-state index is 13.2. The molecule has 7 heteroatoms. The second kappa shape index (κ2) is 7.85. The molecule has 1 heterocycles. The SMILES string of the molecule is Cc1nc(C2(NC(=O)C3CC4CCCC(C3)C4N)CCCCC2)no1.Cl. The fourth-order valence-corrected chi connectivity index (χ4v) is 5.39. The quantitative estimate of drug-likeness (QED) is 0.836. The number of aromatic nitrogens is 2. The third-order valence-electron chi connectivity index (χ3n) is 6.81. The van der Waals surface area contributed by atoms with Gasteiger partial charge in [-0.2, -0.15) is 4.98 Å². The van der Waals surface area contributed by atoms with Crippen LogP contribution in [0.5, 0.6) is 0 Å². The summed E-state index contributed by atoms with van der Waals surface area (Å²) in [6, 6.07) is 0.293. The summed E-state index contributed by atoms with van der Waals surface area (Å²) in [7, 11) is 0. The molecule has 1 aromatic heterocycles. The maximum atomic E-state index is 13.2. The molecule has 3 N–H and O–H groups in total. The number of carbonyl (C=O) groups excluding carboxylic acids is 1. The molecule has 2 unspecified atom stereocenters. The lowest BCUT2D eigenvalue weighted by Crippen LogP contribution is -2.53. The number of hydrogen-bond donors (Lipinski definition) is 2. The lowest BCUT2D eigenvalue weighted by molar-refractivity contribution is -0.130. The van der Waals surface area contributed by atoms with Gasteiger partial charge in [-0.3, -0.25) is 4.79 Å². The Hall–Kier alpha value is -1.14. The van der Waals surface area contributed by atoms with Crippen molar-refractivity contribution in [1.29, 1.82) is 0 Å². The van der Waals surface area contributed by atoms with Crippen molar-refractivity contribution in [3.63, 3.8) is 0 Å². The van der Waals surface area contributed by atoms with E-state index >= 15 is 0 Å². The highest BCUT2D eigenvalue weighted by atomic mass is 35.5. The van der Waals surface area contributed by atoms with Crippen molar-refractivity contribution in [1.82, 2.24) is 15.5 Å². The van der Waals surface area contributed by atoms with E-state index in [0.717, 1.165) is 38.5 Å². The van der Waals surface area contributed by atoms with E-state index in [9.17, 15) is 4.79 Å². The highest BCUT2D eigenvalue weighted by molar-refractivity contribution is 5.85. The summed E-state index contributed by atoms with van der Waals surface area (Å²) in [5.74, 6) is 2.50. The van der Waals surface area contributed by atoms with E-state index in [1.807, 2.05) is 0 Å². The van der Waals surface area contributed by atoms with Crippen LogP contribution in [0.3, 0.4) is 0 Å².